The number of hydrogen-bond acceptors (Lipinski definition) is 6. The largest absolute Gasteiger partial charge is 0.493 e. The van der Waals surface area contributed by atoms with Crippen molar-refractivity contribution in [3.8, 4) is 5.75 Å². The molecule has 0 bridgehead atoms. The van der Waals surface area contributed by atoms with Gasteiger partial charge in [-0.3, -0.25) is 0 Å². The molecule has 1 aromatic carbocycles. The summed E-state index contributed by atoms with van der Waals surface area (Å²) in [6.07, 6.45) is 3.03. The van der Waals surface area contributed by atoms with E-state index >= 15 is 0 Å². The molecule has 3 rings (SSSR count). The summed E-state index contributed by atoms with van der Waals surface area (Å²) in [5.74, 6) is 0.0160. The molecule has 2 aromatic heterocycles. The molecular weight excluding hydrogens is 248 g/mol. The Morgan fingerprint density at radius 1 is 1.26 bits per heavy atom. The van der Waals surface area contributed by atoms with Crippen LogP contribution in [0, 0.1) is 0 Å². The predicted octanol–water partition coefficient (Wildman–Crippen LogP) is 2.17. The Labute approximate surface area is 108 Å². The highest BCUT2D eigenvalue weighted by Gasteiger charge is 2.17. The van der Waals surface area contributed by atoms with Crippen molar-refractivity contribution in [3.05, 3.63) is 30.2 Å². The van der Waals surface area contributed by atoms with Crippen LogP contribution < -0.4 is 4.74 Å². The first kappa shape index (κ1) is 11.5. The van der Waals surface area contributed by atoms with Crippen molar-refractivity contribution in [3.63, 3.8) is 0 Å². The predicted molar refractivity (Wildman–Crippen MR) is 67.2 cm³/mol. The van der Waals surface area contributed by atoms with E-state index in [9.17, 15) is 4.79 Å². The van der Waals surface area contributed by atoms with Crippen molar-refractivity contribution in [2.45, 2.75) is 0 Å². The van der Waals surface area contributed by atoms with E-state index in [2.05, 4.69) is 9.97 Å². The smallest absolute Gasteiger partial charge is 0.338 e. The van der Waals surface area contributed by atoms with Crippen LogP contribution in [0.15, 0.2) is 29.1 Å². The number of ether oxygens (including phenoxy) is 2. The number of hydrogen-bond donors (Lipinski definition) is 0. The quantitative estimate of drug-likeness (QED) is 0.656. The number of fused-ring (bicyclic) bond motifs is 3. The Morgan fingerprint density at radius 3 is 2.84 bits per heavy atom. The zero-order valence-corrected chi connectivity index (χ0v) is 10.3. The van der Waals surface area contributed by atoms with Gasteiger partial charge in [0.05, 0.1) is 25.2 Å². The molecule has 0 atom stereocenters. The highest BCUT2D eigenvalue weighted by atomic mass is 16.5. The van der Waals surface area contributed by atoms with Crippen molar-refractivity contribution >= 4 is 28.0 Å². The van der Waals surface area contributed by atoms with Crippen LogP contribution in [0.25, 0.3) is 22.1 Å². The van der Waals surface area contributed by atoms with Gasteiger partial charge in [-0.2, -0.15) is 0 Å². The lowest BCUT2D eigenvalue weighted by atomic mass is 10.1. The molecule has 0 aliphatic rings. The number of carbonyl (C=O) groups is 1. The van der Waals surface area contributed by atoms with Gasteiger partial charge in [0.15, 0.2) is 11.3 Å². The lowest BCUT2D eigenvalue weighted by Crippen LogP contribution is -2.01. The normalized spacial score (nSPS) is 10.8. The van der Waals surface area contributed by atoms with Crippen molar-refractivity contribution in [1.29, 1.82) is 0 Å². The van der Waals surface area contributed by atoms with Crippen LogP contribution in [-0.2, 0) is 4.74 Å². The summed E-state index contributed by atoms with van der Waals surface area (Å²) in [6, 6.07) is 3.25. The second-order valence-corrected chi connectivity index (χ2v) is 3.89. The number of nitrogens with zero attached hydrogens (tertiary/aromatic N) is 2. The summed E-state index contributed by atoms with van der Waals surface area (Å²) in [4.78, 5) is 19.6. The topological polar surface area (TPSA) is 74.5 Å². The molecule has 0 saturated heterocycles. The average Bonchev–Trinajstić information content (AvgIpc) is 2.84. The molecule has 6 nitrogen and oxygen atoms in total. The second-order valence-electron chi connectivity index (χ2n) is 3.89. The van der Waals surface area contributed by atoms with Gasteiger partial charge in [-0.05, 0) is 12.1 Å². The maximum atomic E-state index is 11.6. The monoisotopic (exact) mass is 258 g/mol. The minimum atomic E-state index is -0.439. The van der Waals surface area contributed by atoms with E-state index in [0.717, 1.165) is 10.8 Å². The molecule has 6 heteroatoms. The van der Waals surface area contributed by atoms with Crippen LogP contribution in [0.3, 0.4) is 0 Å². The fraction of sp³-hybridized carbons (Fsp3) is 0.154. The summed E-state index contributed by atoms with van der Waals surface area (Å²) in [5, 5.41) is 1.44. The van der Waals surface area contributed by atoms with Crippen LogP contribution in [0.2, 0.25) is 0 Å². The fourth-order valence-corrected chi connectivity index (χ4v) is 1.98. The molecule has 0 radical (unpaired) electrons. The SMILES string of the molecule is COC(=O)c1cc(OC)c2oc3ncncc3c2c1. The summed E-state index contributed by atoms with van der Waals surface area (Å²) >= 11 is 0. The lowest BCUT2D eigenvalue weighted by molar-refractivity contribution is 0.0600. The Morgan fingerprint density at radius 2 is 2.11 bits per heavy atom. The molecule has 0 amide bonds. The Bertz CT molecular complexity index is 779. The van der Waals surface area contributed by atoms with Crippen molar-refractivity contribution < 1.29 is 18.7 Å². The number of benzene rings is 1. The number of carbonyl (C=O) groups excluding carboxylic acids is 1. The van der Waals surface area contributed by atoms with Crippen molar-refractivity contribution in [2.75, 3.05) is 14.2 Å². The third-order valence-corrected chi connectivity index (χ3v) is 2.86. The Kier molecular flexibility index (Phi) is 2.56. The Hall–Kier alpha value is -2.63. The van der Waals surface area contributed by atoms with E-state index < -0.39 is 5.97 Å². The van der Waals surface area contributed by atoms with E-state index in [1.165, 1.54) is 20.5 Å². The number of furan rings is 1. The molecule has 0 aliphatic heterocycles. The second kappa shape index (κ2) is 4.24. The number of aromatic nitrogens is 2. The fourth-order valence-electron chi connectivity index (χ4n) is 1.98. The van der Waals surface area contributed by atoms with E-state index in [1.54, 1.807) is 18.3 Å². The van der Waals surface area contributed by atoms with Crippen LogP contribution >= 0.6 is 0 Å². The van der Waals surface area contributed by atoms with Gasteiger partial charge >= 0.3 is 5.97 Å². The van der Waals surface area contributed by atoms with Crippen molar-refractivity contribution in [1.82, 2.24) is 9.97 Å². The van der Waals surface area contributed by atoms with Gasteiger partial charge in [-0.15, -0.1) is 0 Å². The first-order valence-corrected chi connectivity index (χ1v) is 5.53. The van der Waals surface area contributed by atoms with E-state index in [-0.39, 0.29) is 0 Å². The highest BCUT2D eigenvalue weighted by molar-refractivity contribution is 6.08. The molecule has 0 spiro atoms. The molecule has 0 N–H and O–H groups in total. The minimum absolute atomic E-state index is 0.387. The first-order valence-electron chi connectivity index (χ1n) is 5.53. The van der Waals surface area contributed by atoms with Crippen LogP contribution in [0.4, 0.5) is 0 Å². The molecule has 3 aromatic rings. The summed E-state index contributed by atoms with van der Waals surface area (Å²) < 4.78 is 15.6. The molecular formula is C13H10N2O4. The maximum absolute atomic E-state index is 11.6. The number of esters is 1. The first-order chi connectivity index (χ1) is 9.24. The summed E-state index contributed by atoms with van der Waals surface area (Å²) in [5.41, 5.74) is 1.37. The Balaban J connectivity index is 2.40. The molecule has 0 fully saturated rings. The van der Waals surface area contributed by atoms with Crippen molar-refractivity contribution in [2.24, 2.45) is 0 Å². The van der Waals surface area contributed by atoms with Gasteiger partial charge in [0.1, 0.15) is 6.33 Å². The summed E-state index contributed by atoms with van der Waals surface area (Å²) in [6.45, 7) is 0. The van der Waals surface area contributed by atoms with Crippen LogP contribution in [0.1, 0.15) is 10.4 Å². The maximum Gasteiger partial charge on any atom is 0.338 e. The van der Waals surface area contributed by atoms with Gasteiger partial charge in [0.2, 0.25) is 5.71 Å². The van der Waals surface area contributed by atoms with E-state index in [4.69, 9.17) is 13.9 Å². The van der Waals surface area contributed by atoms with Gasteiger partial charge in [-0.1, -0.05) is 0 Å². The minimum Gasteiger partial charge on any atom is -0.493 e. The highest BCUT2D eigenvalue weighted by Crippen LogP contribution is 2.34. The van der Waals surface area contributed by atoms with E-state index in [0.29, 0.717) is 22.6 Å². The van der Waals surface area contributed by atoms with Gasteiger partial charge in [0.25, 0.3) is 0 Å². The zero-order chi connectivity index (χ0) is 13.4. The average molecular weight is 258 g/mol. The van der Waals surface area contributed by atoms with Gasteiger partial charge < -0.3 is 13.9 Å². The molecule has 0 aliphatic carbocycles. The van der Waals surface area contributed by atoms with Crippen LogP contribution in [-0.4, -0.2) is 30.2 Å². The standard InChI is InChI=1S/C13H10N2O4/c1-17-10-4-7(13(16)18-2)3-8-9-5-14-6-15-12(9)19-11(8)10/h3-6H,1-2H3. The van der Waals surface area contributed by atoms with Gasteiger partial charge in [-0.25, -0.2) is 14.8 Å². The number of methoxy groups -OCH3 is 2. The van der Waals surface area contributed by atoms with E-state index in [1.807, 2.05) is 0 Å². The zero-order valence-electron chi connectivity index (χ0n) is 10.3. The molecule has 96 valence electrons. The number of rotatable bonds is 2. The van der Waals surface area contributed by atoms with Gasteiger partial charge in [0, 0.05) is 11.6 Å². The lowest BCUT2D eigenvalue weighted by Gasteiger charge is -2.04. The summed E-state index contributed by atoms with van der Waals surface area (Å²) in [7, 11) is 2.84. The third-order valence-electron chi connectivity index (χ3n) is 2.86. The van der Waals surface area contributed by atoms with Crippen LogP contribution in [0.5, 0.6) is 5.75 Å². The molecule has 19 heavy (non-hydrogen) atoms. The third kappa shape index (κ3) is 1.69. The molecule has 2 heterocycles. The molecule has 0 saturated carbocycles. The molecule has 0 unspecified atom stereocenters.